The van der Waals surface area contributed by atoms with Crippen LogP contribution in [0, 0.1) is 0 Å². The summed E-state index contributed by atoms with van der Waals surface area (Å²) < 4.78 is 3.63. The summed E-state index contributed by atoms with van der Waals surface area (Å²) in [5.41, 5.74) is 7.29. The summed E-state index contributed by atoms with van der Waals surface area (Å²) in [6, 6.07) is 9.85. The van der Waals surface area contributed by atoms with Crippen LogP contribution >= 0.6 is 11.8 Å². The monoisotopic (exact) mass is 329 g/mol. The molecular weight excluding hydrogens is 310 g/mol. The predicted octanol–water partition coefficient (Wildman–Crippen LogP) is 1.46. The van der Waals surface area contributed by atoms with E-state index >= 15 is 0 Å². The average molecular weight is 329 g/mol. The van der Waals surface area contributed by atoms with Gasteiger partial charge in [0.1, 0.15) is 5.82 Å². The van der Waals surface area contributed by atoms with E-state index in [1.807, 2.05) is 41.9 Å². The van der Waals surface area contributed by atoms with Gasteiger partial charge in [-0.25, -0.2) is 0 Å². The van der Waals surface area contributed by atoms with Crippen LogP contribution in [0.25, 0.3) is 10.9 Å². The molecular formula is C16H19N5OS. The first-order valence-electron chi connectivity index (χ1n) is 7.40. The second kappa shape index (κ2) is 6.55. The van der Waals surface area contributed by atoms with Crippen molar-refractivity contribution < 1.29 is 0 Å². The fourth-order valence-corrected chi connectivity index (χ4v) is 3.44. The van der Waals surface area contributed by atoms with E-state index in [4.69, 9.17) is 5.73 Å². The zero-order valence-corrected chi connectivity index (χ0v) is 14.0. The van der Waals surface area contributed by atoms with Gasteiger partial charge in [-0.05, 0) is 24.1 Å². The second-order valence-electron chi connectivity index (χ2n) is 5.38. The summed E-state index contributed by atoms with van der Waals surface area (Å²) in [5.74, 6) is 1.42. The Morgan fingerprint density at radius 1 is 1.17 bits per heavy atom. The maximum Gasteiger partial charge on any atom is 0.254 e. The summed E-state index contributed by atoms with van der Waals surface area (Å²) in [6.45, 7) is 0.544. The molecule has 0 atom stereocenters. The molecule has 0 spiro atoms. The highest BCUT2D eigenvalue weighted by Crippen LogP contribution is 2.21. The van der Waals surface area contributed by atoms with Crippen LogP contribution in [0.3, 0.4) is 0 Å². The van der Waals surface area contributed by atoms with Crippen LogP contribution in [0.4, 0.5) is 0 Å². The van der Waals surface area contributed by atoms with E-state index in [-0.39, 0.29) is 5.56 Å². The summed E-state index contributed by atoms with van der Waals surface area (Å²) in [5, 5.41) is 10.2. The highest BCUT2D eigenvalue weighted by Gasteiger charge is 2.11. The number of hydrogen-bond acceptors (Lipinski definition) is 5. The van der Waals surface area contributed by atoms with Gasteiger partial charge in [-0.2, -0.15) is 0 Å². The van der Waals surface area contributed by atoms with E-state index in [1.165, 1.54) is 11.8 Å². The molecule has 3 aromatic rings. The third-order valence-electron chi connectivity index (χ3n) is 3.86. The van der Waals surface area contributed by atoms with Gasteiger partial charge in [-0.3, -0.25) is 4.79 Å². The lowest BCUT2D eigenvalue weighted by molar-refractivity contribution is 0.727. The number of nitrogens with zero attached hydrogens (tertiary/aromatic N) is 4. The van der Waals surface area contributed by atoms with E-state index in [9.17, 15) is 4.79 Å². The van der Waals surface area contributed by atoms with Gasteiger partial charge >= 0.3 is 0 Å². The molecule has 2 N–H and O–H groups in total. The first kappa shape index (κ1) is 15.8. The molecule has 23 heavy (non-hydrogen) atoms. The van der Waals surface area contributed by atoms with Crippen molar-refractivity contribution in [2.75, 3.05) is 6.54 Å². The summed E-state index contributed by atoms with van der Waals surface area (Å²) >= 11 is 1.51. The standard InChI is InChI=1S/C16H19N5OS/c1-20-13-6-4-3-5-11(13)9-12(15(20)22)10-23-16-19-18-14(7-8-17)21(16)2/h3-6,9H,7-8,10,17H2,1-2H3. The van der Waals surface area contributed by atoms with Gasteiger partial charge in [-0.1, -0.05) is 30.0 Å². The van der Waals surface area contributed by atoms with Gasteiger partial charge in [0.15, 0.2) is 5.16 Å². The normalized spacial score (nSPS) is 11.3. The number of hydrogen-bond donors (Lipinski definition) is 1. The number of aromatic nitrogens is 4. The van der Waals surface area contributed by atoms with E-state index in [0.29, 0.717) is 18.7 Å². The van der Waals surface area contributed by atoms with Gasteiger partial charge < -0.3 is 14.9 Å². The highest BCUT2D eigenvalue weighted by molar-refractivity contribution is 7.98. The molecule has 0 aliphatic heterocycles. The van der Waals surface area contributed by atoms with E-state index in [1.54, 1.807) is 11.6 Å². The lowest BCUT2D eigenvalue weighted by Crippen LogP contribution is -2.20. The maximum absolute atomic E-state index is 12.5. The summed E-state index contributed by atoms with van der Waals surface area (Å²) in [7, 11) is 3.73. The number of aryl methyl sites for hydroxylation is 1. The summed E-state index contributed by atoms with van der Waals surface area (Å²) in [4.78, 5) is 12.5. The topological polar surface area (TPSA) is 78.7 Å². The molecule has 2 heterocycles. The van der Waals surface area contributed by atoms with Crippen molar-refractivity contribution in [3.63, 3.8) is 0 Å². The minimum atomic E-state index is 0.0283. The van der Waals surface area contributed by atoms with Crippen LogP contribution in [-0.4, -0.2) is 25.9 Å². The summed E-state index contributed by atoms with van der Waals surface area (Å²) in [6.07, 6.45) is 0.696. The van der Waals surface area contributed by atoms with Crippen LogP contribution in [0.5, 0.6) is 0 Å². The fourth-order valence-electron chi connectivity index (χ4n) is 2.55. The fraction of sp³-hybridized carbons (Fsp3) is 0.312. The largest absolute Gasteiger partial charge is 0.330 e. The van der Waals surface area contributed by atoms with E-state index in [0.717, 1.165) is 27.4 Å². The van der Waals surface area contributed by atoms with Crippen molar-refractivity contribution in [2.24, 2.45) is 19.8 Å². The Hall–Kier alpha value is -2.12. The number of rotatable bonds is 5. The Labute approximate surface area is 138 Å². The highest BCUT2D eigenvalue weighted by atomic mass is 32.2. The number of thioether (sulfide) groups is 1. The molecule has 0 aliphatic carbocycles. The van der Waals surface area contributed by atoms with Gasteiger partial charge in [0, 0.05) is 31.8 Å². The SMILES string of the molecule is Cn1c(CCN)nnc1SCc1cc2ccccc2n(C)c1=O. The van der Waals surface area contributed by atoms with Crippen LogP contribution in [0.15, 0.2) is 40.3 Å². The quantitative estimate of drug-likeness (QED) is 0.717. The van der Waals surface area contributed by atoms with Crippen LogP contribution < -0.4 is 11.3 Å². The minimum absolute atomic E-state index is 0.0283. The number of nitrogens with two attached hydrogens (primary N) is 1. The van der Waals surface area contributed by atoms with Crippen LogP contribution in [0.2, 0.25) is 0 Å². The molecule has 3 rings (SSSR count). The second-order valence-corrected chi connectivity index (χ2v) is 6.32. The molecule has 0 aliphatic rings. The first-order chi connectivity index (χ1) is 11.1. The third kappa shape index (κ3) is 3.02. The molecule has 0 bridgehead atoms. The van der Waals surface area contributed by atoms with Crippen LogP contribution in [0.1, 0.15) is 11.4 Å². The van der Waals surface area contributed by atoms with E-state index in [2.05, 4.69) is 10.2 Å². The van der Waals surface area contributed by atoms with Crippen molar-refractivity contribution in [1.29, 1.82) is 0 Å². The van der Waals surface area contributed by atoms with Crippen molar-refractivity contribution in [3.05, 3.63) is 52.1 Å². The molecule has 0 unspecified atom stereocenters. The third-order valence-corrected chi connectivity index (χ3v) is 4.93. The molecule has 0 amide bonds. The number of para-hydroxylation sites is 1. The van der Waals surface area contributed by atoms with Gasteiger partial charge in [0.05, 0.1) is 5.52 Å². The molecule has 0 saturated heterocycles. The van der Waals surface area contributed by atoms with Gasteiger partial charge in [-0.15, -0.1) is 10.2 Å². The average Bonchev–Trinajstić information content (AvgIpc) is 2.90. The Bertz CT molecular complexity index is 899. The molecule has 2 aromatic heterocycles. The molecule has 1 aromatic carbocycles. The van der Waals surface area contributed by atoms with Crippen molar-refractivity contribution >= 4 is 22.7 Å². The molecule has 120 valence electrons. The molecule has 0 saturated carbocycles. The predicted molar refractivity (Wildman–Crippen MR) is 92.5 cm³/mol. The number of benzene rings is 1. The minimum Gasteiger partial charge on any atom is -0.330 e. The lowest BCUT2D eigenvalue weighted by atomic mass is 10.1. The van der Waals surface area contributed by atoms with Crippen molar-refractivity contribution in [3.8, 4) is 0 Å². The molecule has 6 nitrogen and oxygen atoms in total. The smallest absolute Gasteiger partial charge is 0.254 e. The molecule has 7 heteroatoms. The van der Waals surface area contributed by atoms with Gasteiger partial charge in [0.2, 0.25) is 0 Å². The Kier molecular flexibility index (Phi) is 4.49. The lowest BCUT2D eigenvalue weighted by Gasteiger charge is -2.08. The van der Waals surface area contributed by atoms with Crippen molar-refractivity contribution in [2.45, 2.75) is 17.3 Å². The maximum atomic E-state index is 12.5. The Morgan fingerprint density at radius 3 is 2.74 bits per heavy atom. The Morgan fingerprint density at radius 2 is 1.96 bits per heavy atom. The number of pyridine rings is 1. The number of fused-ring (bicyclic) bond motifs is 1. The van der Waals surface area contributed by atoms with Gasteiger partial charge in [0.25, 0.3) is 5.56 Å². The zero-order valence-electron chi connectivity index (χ0n) is 13.2. The molecule has 0 fully saturated rings. The van der Waals surface area contributed by atoms with Crippen LogP contribution in [-0.2, 0) is 26.3 Å². The Balaban J connectivity index is 1.88. The van der Waals surface area contributed by atoms with E-state index < -0.39 is 0 Å². The zero-order chi connectivity index (χ0) is 16.4. The molecule has 0 radical (unpaired) electrons. The van der Waals surface area contributed by atoms with Crippen molar-refractivity contribution in [1.82, 2.24) is 19.3 Å². The first-order valence-corrected chi connectivity index (χ1v) is 8.39.